The van der Waals surface area contributed by atoms with Crippen LogP contribution in [0.3, 0.4) is 0 Å². The molecule has 0 radical (unpaired) electrons. The number of amides is 2. The Morgan fingerprint density at radius 3 is 2.58 bits per heavy atom. The van der Waals surface area contributed by atoms with Crippen LogP contribution in [0.25, 0.3) is 16.8 Å². The predicted molar refractivity (Wildman–Crippen MR) is 155 cm³/mol. The summed E-state index contributed by atoms with van der Waals surface area (Å²) in [6.07, 6.45) is 8.91. The molecule has 1 N–H and O–H groups in total. The first-order chi connectivity index (χ1) is 19.3. The second-order valence-corrected chi connectivity index (χ2v) is 13.3. The van der Waals surface area contributed by atoms with Crippen LogP contribution in [0.4, 0.5) is 4.39 Å². The van der Waals surface area contributed by atoms with Crippen LogP contribution in [0, 0.1) is 29.0 Å². The average Bonchev–Trinajstić information content (AvgIpc) is 3.18. The molecule has 4 bridgehead atoms. The average molecular weight is 595 g/mol. The first-order valence-electron chi connectivity index (χ1n) is 13.2. The Morgan fingerprint density at radius 1 is 1.15 bits per heavy atom. The molecule has 5 fully saturated rings. The highest BCUT2D eigenvalue weighted by Gasteiger charge is 2.55. The van der Waals surface area contributed by atoms with Crippen LogP contribution in [-0.2, 0) is 9.59 Å². The van der Waals surface area contributed by atoms with E-state index in [2.05, 4.69) is 15.4 Å². The second kappa shape index (κ2) is 9.78. The van der Waals surface area contributed by atoms with Crippen molar-refractivity contribution in [3.05, 3.63) is 64.2 Å². The number of benzene rings is 2. The minimum Gasteiger partial charge on any atom is -0.436 e. The molecule has 0 atom stereocenters. The number of rotatable bonds is 5. The van der Waals surface area contributed by atoms with Crippen molar-refractivity contribution in [3.8, 4) is 11.6 Å². The molecule has 3 aromatic rings. The number of thioether (sulfide) groups is 1. The molecule has 2 amide bonds. The highest BCUT2D eigenvalue weighted by molar-refractivity contribution is 8.26. The van der Waals surface area contributed by atoms with E-state index >= 15 is 0 Å². The number of nitrogens with zero attached hydrogens (tertiary/aromatic N) is 3. The molecule has 2 aromatic carbocycles. The van der Waals surface area contributed by atoms with Gasteiger partial charge in [0.2, 0.25) is 17.0 Å². The molecule has 8 rings (SSSR count). The fraction of sp³-hybridized carbons (Fsp3) is 0.345. The van der Waals surface area contributed by atoms with Gasteiger partial charge in [-0.05, 0) is 103 Å². The van der Waals surface area contributed by atoms with Crippen LogP contribution in [0.1, 0.15) is 44.1 Å². The van der Waals surface area contributed by atoms with E-state index in [-0.39, 0.29) is 27.1 Å². The van der Waals surface area contributed by atoms with Gasteiger partial charge in [0, 0.05) is 5.56 Å². The third-order valence-electron chi connectivity index (χ3n) is 8.62. The largest absolute Gasteiger partial charge is 0.436 e. The number of hydrazine groups is 1. The van der Waals surface area contributed by atoms with E-state index in [4.69, 9.17) is 28.6 Å². The lowest BCUT2D eigenvalue weighted by molar-refractivity contribution is -0.152. The van der Waals surface area contributed by atoms with Gasteiger partial charge in [-0.25, -0.2) is 4.98 Å². The number of hydrogen-bond donors (Lipinski definition) is 1. The van der Waals surface area contributed by atoms with Crippen molar-refractivity contribution < 1.29 is 18.7 Å². The molecule has 7 nitrogen and oxygen atoms in total. The summed E-state index contributed by atoms with van der Waals surface area (Å²) in [6, 6.07) is 11.1. The zero-order chi connectivity index (χ0) is 27.6. The zero-order valence-corrected chi connectivity index (χ0v) is 23.6. The maximum Gasteiger partial charge on any atom is 0.285 e. The monoisotopic (exact) mass is 594 g/mol. The van der Waals surface area contributed by atoms with E-state index in [9.17, 15) is 14.0 Å². The number of hydrogen-bond acceptors (Lipinski definition) is 7. The maximum absolute atomic E-state index is 14.4. The van der Waals surface area contributed by atoms with E-state index in [0.29, 0.717) is 28.2 Å². The summed E-state index contributed by atoms with van der Waals surface area (Å²) >= 11 is 12.5. The van der Waals surface area contributed by atoms with E-state index in [1.165, 1.54) is 24.3 Å². The summed E-state index contributed by atoms with van der Waals surface area (Å²) in [5.74, 6) is 0.447. The van der Waals surface area contributed by atoms with E-state index < -0.39 is 17.1 Å². The predicted octanol–water partition coefficient (Wildman–Crippen LogP) is 6.66. The molecule has 1 saturated heterocycles. The van der Waals surface area contributed by atoms with Crippen molar-refractivity contribution in [3.63, 3.8) is 0 Å². The summed E-state index contributed by atoms with van der Waals surface area (Å²) in [6.45, 7) is 0. The Morgan fingerprint density at radius 2 is 1.85 bits per heavy atom. The van der Waals surface area contributed by atoms with Gasteiger partial charge in [0.1, 0.15) is 5.75 Å². The third-order valence-corrected chi connectivity index (χ3v) is 10.1. The van der Waals surface area contributed by atoms with Gasteiger partial charge in [-0.15, -0.1) is 0 Å². The Hall–Kier alpha value is -3.08. The second-order valence-electron chi connectivity index (χ2n) is 11.2. The molecule has 1 aromatic heterocycles. The molecular formula is C29H24ClFN4O3S2. The summed E-state index contributed by atoms with van der Waals surface area (Å²) in [7, 11) is 0. The first kappa shape index (κ1) is 25.9. The summed E-state index contributed by atoms with van der Waals surface area (Å²) < 4.78 is 20.5. The fourth-order valence-electron chi connectivity index (χ4n) is 7.32. The molecule has 0 spiro atoms. The standard InChI is InChI=1S/C29H24ClFN4O3S2/c30-27-32-14-21(31)24(33-27)38-22-6-5-18-3-1-2-4-19(18)20(22)10-23-25(36)35(28(39)40-23)34-26(37)29-11-15-7-16(12-29)9-17(8-15)13-29/h1-6,10,14-17H,7-9,11-13H2,(H,34,37)/b23-10+. The quantitative estimate of drug-likeness (QED) is 0.201. The lowest BCUT2D eigenvalue weighted by atomic mass is 9.49. The van der Waals surface area contributed by atoms with E-state index in [0.717, 1.165) is 48.0 Å². The number of carbonyl (C=O) groups is 2. The van der Waals surface area contributed by atoms with Crippen LogP contribution >= 0.6 is 35.6 Å². The van der Waals surface area contributed by atoms with Crippen molar-refractivity contribution in [1.29, 1.82) is 0 Å². The van der Waals surface area contributed by atoms with Gasteiger partial charge >= 0.3 is 0 Å². The van der Waals surface area contributed by atoms with Gasteiger partial charge < -0.3 is 4.74 Å². The van der Waals surface area contributed by atoms with Gasteiger partial charge in [-0.2, -0.15) is 14.4 Å². The number of nitrogens with one attached hydrogen (secondary N) is 1. The normalized spacial score (nSPS) is 28.1. The number of fused-ring (bicyclic) bond motifs is 1. The van der Waals surface area contributed by atoms with Crippen molar-refractivity contribution in [1.82, 2.24) is 20.4 Å². The van der Waals surface area contributed by atoms with Crippen LogP contribution < -0.4 is 10.2 Å². The van der Waals surface area contributed by atoms with Gasteiger partial charge in [-0.3, -0.25) is 15.0 Å². The van der Waals surface area contributed by atoms with E-state index in [1.54, 1.807) is 12.1 Å². The zero-order valence-electron chi connectivity index (χ0n) is 21.2. The van der Waals surface area contributed by atoms with Gasteiger partial charge in [-0.1, -0.05) is 42.1 Å². The molecular weight excluding hydrogens is 571 g/mol. The molecule has 1 aliphatic heterocycles. The van der Waals surface area contributed by atoms with Gasteiger partial charge in [0.15, 0.2) is 4.32 Å². The van der Waals surface area contributed by atoms with Crippen LogP contribution in [0.5, 0.6) is 11.6 Å². The smallest absolute Gasteiger partial charge is 0.285 e. The van der Waals surface area contributed by atoms with Crippen LogP contribution in [-0.4, -0.2) is 31.1 Å². The summed E-state index contributed by atoms with van der Waals surface area (Å²) in [4.78, 5) is 35.0. The number of ether oxygens (including phenoxy) is 1. The van der Waals surface area contributed by atoms with Crippen molar-refractivity contribution >= 4 is 68.6 Å². The maximum atomic E-state index is 14.4. The number of aromatic nitrogens is 2. The van der Waals surface area contributed by atoms with Gasteiger partial charge in [0.25, 0.3) is 11.8 Å². The molecule has 5 aliphatic rings. The summed E-state index contributed by atoms with van der Waals surface area (Å²) in [5.41, 5.74) is 3.01. The highest BCUT2D eigenvalue weighted by atomic mass is 35.5. The molecule has 4 saturated carbocycles. The van der Waals surface area contributed by atoms with E-state index in [1.807, 2.05) is 30.3 Å². The molecule has 4 aliphatic carbocycles. The van der Waals surface area contributed by atoms with Crippen molar-refractivity contribution in [2.24, 2.45) is 23.2 Å². The topological polar surface area (TPSA) is 84.4 Å². The fourth-order valence-corrected chi connectivity index (χ4v) is 8.61. The molecule has 0 unspecified atom stereocenters. The molecule has 2 heterocycles. The minimum atomic E-state index is -0.776. The Kier molecular flexibility index (Phi) is 6.32. The molecule has 204 valence electrons. The first-order valence-corrected chi connectivity index (χ1v) is 14.8. The molecule has 11 heteroatoms. The highest BCUT2D eigenvalue weighted by Crippen LogP contribution is 2.60. The molecule has 40 heavy (non-hydrogen) atoms. The minimum absolute atomic E-state index is 0.102. The SMILES string of the molecule is O=C1/C(=C\c2c(Oc3nc(Cl)ncc3F)ccc3ccccc23)SC(=S)N1NC(=O)C12CC3CC(CC(C3)C1)C2. The number of halogens is 2. The number of thiocarbonyl (C=S) groups is 1. The lowest BCUT2D eigenvalue weighted by Gasteiger charge is -2.55. The Labute approximate surface area is 244 Å². The van der Waals surface area contributed by atoms with Crippen molar-refractivity contribution in [2.75, 3.05) is 0 Å². The van der Waals surface area contributed by atoms with Crippen LogP contribution in [0.15, 0.2) is 47.5 Å². The van der Waals surface area contributed by atoms with Crippen molar-refractivity contribution in [2.45, 2.75) is 38.5 Å². The van der Waals surface area contributed by atoms with Crippen LogP contribution in [0.2, 0.25) is 5.28 Å². The van der Waals surface area contributed by atoms with Gasteiger partial charge in [0.05, 0.1) is 16.5 Å². The number of carbonyl (C=O) groups excluding carboxylic acids is 2. The third kappa shape index (κ3) is 4.46. The summed E-state index contributed by atoms with van der Waals surface area (Å²) in [5, 5.41) is 2.72. The Bertz CT molecular complexity index is 1590. The Balaban J connectivity index is 1.20. The lowest BCUT2D eigenvalue weighted by Crippen LogP contribution is -2.57.